The van der Waals surface area contributed by atoms with E-state index in [0.29, 0.717) is 5.52 Å². The molecule has 0 spiro atoms. The zero-order chi connectivity index (χ0) is 13.3. The lowest BCUT2D eigenvalue weighted by Crippen LogP contribution is -2.29. The van der Waals surface area contributed by atoms with Gasteiger partial charge in [-0.25, -0.2) is 9.48 Å². The van der Waals surface area contributed by atoms with Crippen molar-refractivity contribution in [2.24, 2.45) is 0 Å². The highest BCUT2D eigenvalue weighted by Gasteiger charge is 2.26. The molecule has 0 radical (unpaired) electrons. The van der Waals surface area contributed by atoms with Crippen LogP contribution in [0.4, 0.5) is 0 Å². The van der Waals surface area contributed by atoms with E-state index in [1.807, 2.05) is 10.7 Å². The Kier molecular flexibility index (Phi) is 3.07. The van der Waals surface area contributed by atoms with Gasteiger partial charge in [0.25, 0.3) is 0 Å². The summed E-state index contributed by atoms with van der Waals surface area (Å²) in [7, 11) is 0. The summed E-state index contributed by atoms with van der Waals surface area (Å²) < 4.78 is 1.84. The van der Waals surface area contributed by atoms with E-state index in [4.69, 9.17) is 5.11 Å². The van der Waals surface area contributed by atoms with E-state index in [2.05, 4.69) is 31.1 Å². The Bertz CT molecular complexity index is 585. The zero-order valence-electron chi connectivity index (χ0n) is 10.8. The Morgan fingerprint density at radius 3 is 2.61 bits per heavy atom. The van der Waals surface area contributed by atoms with Crippen LogP contribution in [0.2, 0.25) is 0 Å². The number of hydrogen-bond acceptors (Lipinski definition) is 3. The van der Waals surface area contributed by atoms with Gasteiger partial charge in [-0.15, -0.1) is 5.10 Å². The number of benzene rings is 1. The minimum atomic E-state index is -0.970. The quantitative estimate of drug-likeness (QED) is 0.901. The highest BCUT2D eigenvalue weighted by Crippen LogP contribution is 2.28. The van der Waals surface area contributed by atoms with E-state index in [-0.39, 0.29) is 11.1 Å². The molecule has 2 rings (SSSR count). The molecule has 0 saturated carbocycles. The maximum Gasteiger partial charge on any atom is 0.338 e. The van der Waals surface area contributed by atoms with E-state index < -0.39 is 5.97 Å². The lowest BCUT2D eigenvalue weighted by atomic mass is 9.95. The van der Waals surface area contributed by atoms with E-state index in [1.165, 1.54) is 0 Å². The fraction of sp³-hybridized carbons (Fsp3) is 0.462. The van der Waals surface area contributed by atoms with Crippen molar-refractivity contribution in [1.29, 1.82) is 0 Å². The normalized spacial score (nSPS) is 11.9. The molecule has 0 unspecified atom stereocenters. The number of carboxylic acids is 1. The van der Waals surface area contributed by atoms with Crippen molar-refractivity contribution < 1.29 is 9.90 Å². The first-order valence-electron chi connectivity index (χ1n) is 6.11. The Balaban J connectivity index is 2.69. The number of hydrogen-bond donors (Lipinski definition) is 1. The van der Waals surface area contributed by atoms with Gasteiger partial charge in [-0.1, -0.05) is 25.1 Å². The molecule has 0 aliphatic carbocycles. The summed E-state index contributed by atoms with van der Waals surface area (Å²) in [5.74, 6) is -0.970. The van der Waals surface area contributed by atoms with Gasteiger partial charge in [-0.3, -0.25) is 0 Å². The molecule has 1 aromatic heterocycles. The maximum atomic E-state index is 11.1. The van der Waals surface area contributed by atoms with Gasteiger partial charge in [0.2, 0.25) is 0 Å². The van der Waals surface area contributed by atoms with Gasteiger partial charge in [0, 0.05) is 0 Å². The zero-order valence-corrected chi connectivity index (χ0v) is 10.8. The number of aromatic carboxylic acids is 1. The topological polar surface area (TPSA) is 68.0 Å². The number of rotatable bonds is 4. The van der Waals surface area contributed by atoms with Crippen molar-refractivity contribution in [3.8, 4) is 0 Å². The van der Waals surface area contributed by atoms with Crippen LogP contribution in [-0.2, 0) is 5.54 Å². The molecule has 0 aliphatic rings. The second-order valence-electron chi connectivity index (χ2n) is 4.68. The molecule has 1 heterocycles. The van der Waals surface area contributed by atoms with Crippen molar-refractivity contribution in [3.05, 3.63) is 23.8 Å². The van der Waals surface area contributed by atoms with Crippen molar-refractivity contribution in [1.82, 2.24) is 15.0 Å². The van der Waals surface area contributed by atoms with Gasteiger partial charge < -0.3 is 5.11 Å². The predicted molar refractivity (Wildman–Crippen MR) is 68.7 cm³/mol. The summed E-state index contributed by atoms with van der Waals surface area (Å²) in [5, 5.41) is 17.3. The summed E-state index contributed by atoms with van der Waals surface area (Å²) in [6, 6.07) is 5.15. The summed E-state index contributed by atoms with van der Waals surface area (Å²) in [6.07, 6.45) is 1.83. The first kappa shape index (κ1) is 12.5. The van der Waals surface area contributed by atoms with Crippen LogP contribution in [0.25, 0.3) is 11.0 Å². The average Bonchev–Trinajstić information content (AvgIpc) is 2.81. The molecule has 96 valence electrons. The Morgan fingerprint density at radius 1 is 1.39 bits per heavy atom. The molecule has 0 saturated heterocycles. The maximum absolute atomic E-state index is 11.1. The third kappa shape index (κ3) is 1.75. The summed E-state index contributed by atoms with van der Waals surface area (Å²) in [6.45, 7) is 6.30. The number of carboxylic acid groups (broad SMARTS) is 1. The third-order valence-electron chi connectivity index (χ3n) is 3.74. The van der Waals surface area contributed by atoms with Crippen LogP contribution in [0.1, 0.15) is 44.0 Å². The molecule has 0 aliphatic heterocycles. The summed E-state index contributed by atoms with van der Waals surface area (Å²) in [5.41, 5.74) is 1.30. The van der Waals surface area contributed by atoms with Crippen LogP contribution >= 0.6 is 0 Å². The SMILES string of the molecule is CCC(C)(CC)n1nnc2c(C(=O)O)cccc21. The molecule has 0 amide bonds. The van der Waals surface area contributed by atoms with Crippen LogP contribution in [0.5, 0.6) is 0 Å². The fourth-order valence-corrected chi connectivity index (χ4v) is 2.07. The Labute approximate surface area is 105 Å². The molecule has 1 aromatic carbocycles. The standard InChI is InChI=1S/C13H17N3O2/c1-4-13(3,5-2)16-10-8-6-7-9(12(17)18)11(10)14-15-16/h6-8H,4-5H2,1-3H3,(H,17,18). The molecule has 18 heavy (non-hydrogen) atoms. The molecule has 0 atom stereocenters. The first-order valence-corrected chi connectivity index (χ1v) is 6.11. The Morgan fingerprint density at radius 2 is 2.06 bits per heavy atom. The van der Waals surface area contributed by atoms with Crippen molar-refractivity contribution >= 4 is 17.0 Å². The highest BCUT2D eigenvalue weighted by atomic mass is 16.4. The van der Waals surface area contributed by atoms with Crippen molar-refractivity contribution in [3.63, 3.8) is 0 Å². The highest BCUT2D eigenvalue weighted by molar-refractivity contribution is 6.00. The van der Waals surface area contributed by atoms with Gasteiger partial charge in [-0.2, -0.15) is 0 Å². The third-order valence-corrected chi connectivity index (χ3v) is 3.74. The largest absolute Gasteiger partial charge is 0.478 e. The summed E-state index contributed by atoms with van der Waals surface area (Å²) >= 11 is 0. The molecule has 2 aromatic rings. The van der Waals surface area contributed by atoms with Crippen LogP contribution in [0.15, 0.2) is 18.2 Å². The Hall–Kier alpha value is -1.91. The number of nitrogens with zero attached hydrogens (tertiary/aromatic N) is 3. The molecule has 5 nitrogen and oxygen atoms in total. The van der Waals surface area contributed by atoms with Gasteiger partial charge in [0.05, 0.1) is 16.6 Å². The van der Waals surface area contributed by atoms with E-state index >= 15 is 0 Å². The van der Waals surface area contributed by atoms with Crippen LogP contribution in [-0.4, -0.2) is 26.1 Å². The predicted octanol–water partition coefficient (Wildman–Crippen LogP) is 2.66. The van der Waals surface area contributed by atoms with Crippen LogP contribution in [0.3, 0.4) is 0 Å². The molecule has 0 bridgehead atoms. The van der Waals surface area contributed by atoms with Gasteiger partial charge in [0.1, 0.15) is 5.52 Å². The lowest BCUT2D eigenvalue weighted by Gasteiger charge is -2.27. The van der Waals surface area contributed by atoms with Crippen LogP contribution in [0, 0.1) is 0 Å². The number of fused-ring (bicyclic) bond motifs is 1. The second kappa shape index (κ2) is 4.40. The average molecular weight is 247 g/mol. The molecular formula is C13H17N3O2. The smallest absolute Gasteiger partial charge is 0.338 e. The first-order chi connectivity index (χ1) is 8.53. The minimum Gasteiger partial charge on any atom is -0.478 e. The van der Waals surface area contributed by atoms with Gasteiger partial charge >= 0.3 is 5.97 Å². The van der Waals surface area contributed by atoms with Crippen molar-refractivity contribution in [2.45, 2.75) is 39.2 Å². The number of aromatic nitrogens is 3. The van der Waals surface area contributed by atoms with E-state index in [0.717, 1.165) is 18.4 Å². The van der Waals surface area contributed by atoms with E-state index in [9.17, 15) is 4.79 Å². The van der Waals surface area contributed by atoms with Crippen molar-refractivity contribution in [2.75, 3.05) is 0 Å². The van der Waals surface area contributed by atoms with E-state index in [1.54, 1.807) is 12.1 Å². The second-order valence-corrected chi connectivity index (χ2v) is 4.68. The van der Waals surface area contributed by atoms with Gasteiger partial charge in [-0.05, 0) is 31.9 Å². The summed E-state index contributed by atoms with van der Waals surface area (Å²) in [4.78, 5) is 11.1. The lowest BCUT2D eigenvalue weighted by molar-refractivity contribution is 0.0699. The number of carbonyl (C=O) groups is 1. The molecule has 5 heteroatoms. The van der Waals surface area contributed by atoms with Gasteiger partial charge in [0.15, 0.2) is 0 Å². The molecule has 1 N–H and O–H groups in total. The minimum absolute atomic E-state index is 0.133. The monoisotopic (exact) mass is 247 g/mol. The molecule has 0 fully saturated rings. The molecular weight excluding hydrogens is 230 g/mol. The fourth-order valence-electron chi connectivity index (χ4n) is 2.07. The van der Waals surface area contributed by atoms with Crippen LogP contribution < -0.4 is 0 Å².